The molecule has 1 unspecified atom stereocenters. The van der Waals surface area contributed by atoms with E-state index in [2.05, 4.69) is 4.98 Å². The van der Waals surface area contributed by atoms with Crippen LogP contribution >= 0.6 is 0 Å². The minimum Gasteiger partial charge on any atom is -0.326 e. The minimum absolute atomic E-state index is 0.0198. The summed E-state index contributed by atoms with van der Waals surface area (Å²) in [5, 5.41) is 0.957. The van der Waals surface area contributed by atoms with Crippen molar-refractivity contribution in [2.45, 2.75) is 18.2 Å². The molecule has 5 nitrogen and oxygen atoms in total. The highest BCUT2D eigenvalue weighted by Crippen LogP contribution is 2.21. The number of nitrogens with zero attached hydrogens (tertiary/aromatic N) is 2. The average molecular weight is 291 g/mol. The summed E-state index contributed by atoms with van der Waals surface area (Å²) >= 11 is 0. The van der Waals surface area contributed by atoms with E-state index in [1.54, 1.807) is 6.20 Å². The molecular formula is C14H17N3O2S. The van der Waals surface area contributed by atoms with Crippen LogP contribution in [0, 0.1) is 0 Å². The van der Waals surface area contributed by atoms with Gasteiger partial charge in [0.25, 0.3) is 0 Å². The van der Waals surface area contributed by atoms with Crippen LogP contribution in [0.3, 0.4) is 0 Å². The van der Waals surface area contributed by atoms with Crippen molar-refractivity contribution >= 4 is 20.9 Å². The SMILES string of the molecule is NC1CCN(S(=O)(=O)Cc2cccc3cccnc23)C1. The molecule has 1 aliphatic heterocycles. The van der Waals surface area contributed by atoms with Crippen LogP contribution in [0.5, 0.6) is 0 Å². The Bertz CT molecular complexity index is 725. The molecule has 1 aliphatic rings. The van der Waals surface area contributed by atoms with Crippen LogP contribution in [0.25, 0.3) is 10.9 Å². The molecule has 0 spiro atoms. The number of rotatable bonds is 3. The van der Waals surface area contributed by atoms with Gasteiger partial charge in [0.15, 0.2) is 0 Å². The third-order valence-electron chi connectivity index (χ3n) is 3.64. The Morgan fingerprint density at radius 3 is 2.85 bits per heavy atom. The van der Waals surface area contributed by atoms with Crippen molar-refractivity contribution in [3.63, 3.8) is 0 Å². The van der Waals surface area contributed by atoms with Crippen LogP contribution in [0.1, 0.15) is 12.0 Å². The molecule has 2 N–H and O–H groups in total. The third-order valence-corrected chi connectivity index (χ3v) is 5.43. The second kappa shape index (κ2) is 5.12. The van der Waals surface area contributed by atoms with Gasteiger partial charge < -0.3 is 5.73 Å². The molecule has 1 saturated heterocycles. The molecule has 2 heterocycles. The van der Waals surface area contributed by atoms with Gasteiger partial charge in [-0.25, -0.2) is 12.7 Å². The lowest BCUT2D eigenvalue weighted by molar-refractivity contribution is 0.471. The summed E-state index contributed by atoms with van der Waals surface area (Å²) in [5.74, 6) is -0.0198. The number of sulfonamides is 1. The smallest absolute Gasteiger partial charge is 0.218 e. The van der Waals surface area contributed by atoms with Gasteiger partial charge in [-0.2, -0.15) is 0 Å². The fourth-order valence-corrected chi connectivity index (χ4v) is 4.19. The van der Waals surface area contributed by atoms with E-state index in [9.17, 15) is 8.42 Å². The molecule has 0 saturated carbocycles. The van der Waals surface area contributed by atoms with Crippen LogP contribution in [0.2, 0.25) is 0 Å². The molecule has 3 rings (SSSR count). The maximum atomic E-state index is 12.4. The van der Waals surface area contributed by atoms with Crippen LogP contribution in [-0.4, -0.2) is 36.8 Å². The maximum absolute atomic E-state index is 12.4. The van der Waals surface area contributed by atoms with E-state index < -0.39 is 10.0 Å². The molecule has 1 aromatic heterocycles. The molecular weight excluding hydrogens is 274 g/mol. The standard InChI is InChI=1S/C14H17N3O2S/c15-13-6-8-17(9-13)20(18,19)10-12-4-1-3-11-5-2-7-16-14(11)12/h1-5,7,13H,6,8-10,15H2. The summed E-state index contributed by atoms with van der Waals surface area (Å²) < 4.78 is 26.4. The Balaban J connectivity index is 1.93. The number of benzene rings is 1. The summed E-state index contributed by atoms with van der Waals surface area (Å²) in [7, 11) is -3.32. The summed E-state index contributed by atoms with van der Waals surface area (Å²) in [6.45, 7) is 0.933. The summed E-state index contributed by atoms with van der Waals surface area (Å²) in [6.07, 6.45) is 2.41. The van der Waals surface area contributed by atoms with E-state index >= 15 is 0 Å². The number of nitrogens with two attached hydrogens (primary N) is 1. The zero-order valence-electron chi connectivity index (χ0n) is 11.1. The van der Waals surface area contributed by atoms with E-state index in [1.807, 2.05) is 30.3 Å². The van der Waals surface area contributed by atoms with Gasteiger partial charge in [0.05, 0.1) is 11.3 Å². The largest absolute Gasteiger partial charge is 0.326 e. The highest BCUT2D eigenvalue weighted by atomic mass is 32.2. The van der Waals surface area contributed by atoms with E-state index in [0.29, 0.717) is 13.1 Å². The fourth-order valence-electron chi connectivity index (χ4n) is 2.58. The highest BCUT2D eigenvalue weighted by Gasteiger charge is 2.29. The third kappa shape index (κ3) is 2.54. The normalized spacial score (nSPS) is 20.6. The molecule has 1 atom stereocenters. The molecule has 2 aromatic rings. The van der Waals surface area contributed by atoms with Crippen LogP contribution in [-0.2, 0) is 15.8 Å². The molecule has 1 fully saturated rings. The maximum Gasteiger partial charge on any atom is 0.218 e. The van der Waals surface area contributed by atoms with Crippen molar-refractivity contribution in [3.05, 3.63) is 42.1 Å². The number of hydrogen-bond donors (Lipinski definition) is 1. The number of para-hydroxylation sites is 1. The van der Waals surface area contributed by atoms with E-state index in [4.69, 9.17) is 5.73 Å². The van der Waals surface area contributed by atoms with Crippen molar-refractivity contribution in [3.8, 4) is 0 Å². The quantitative estimate of drug-likeness (QED) is 0.918. The molecule has 0 amide bonds. The van der Waals surface area contributed by atoms with Crippen molar-refractivity contribution in [2.24, 2.45) is 5.73 Å². The summed E-state index contributed by atoms with van der Waals surface area (Å²) in [4.78, 5) is 4.30. The van der Waals surface area contributed by atoms with Crippen LogP contribution < -0.4 is 5.73 Å². The lowest BCUT2D eigenvalue weighted by atomic mass is 10.1. The Morgan fingerprint density at radius 2 is 2.10 bits per heavy atom. The zero-order valence-corrected chi connectivity index (χ0v) is 11.9. The Hall–Kier alpha value is -1.50. The Morgan fingerprint density at radius 1 is 1.30 bits per heavy atom. The topological polar surface area (TPSA) is 76.3 Å². The first-order valence-corrected chi connectivity index (χ1v) is 8.23. The molecule has 0 radical (unpaired) electrons. The lowest BCUT2D eigenvalue weighted by Crippen LogP contribution is -2.32. The number of pyridine rings is 1. The fraction of sp³-hybridized carbons (Fsp3) is 0.357. The van der Waals surface area contributed by atoms with Gasteiger partial charge in [-0.05, 0) is 18.1 Å². The molecule has 0 bridgehead atoms. The minimum atomic E-state index is -3.32. The van der Waals surface area contributed by atoms with Crippen molar-refractivity contribution in [2.75, 3.05) is 13.1 Å². The zero-order chi connectivity index (χ0) is 14.2. The van der Waals surface area contributed by atoms with Gasteiger partial charge >= 0.3 is 0 Å². The Labute approximate surface area is 118 Å². The Kier molecular flexibility index (Phi) is 3.45. The predicted molar refractivity (Wildman–Crippen MR) is 78.5 cm³/mol. The first-order chi connectivity index (χ1) is 9.56. The van der Waals surface area contributed by atoms with Crippen LogP contribution in [0.4, 0.5) is 0 Å². The molecule has 0 aliphatic carbocycles. The highest BCUT2D eigenvalue weighted by molar-refractivity contribution is 7.88. The van der Waals surface area contributed by atoms with Gasteiger partial charge in [0, 0.05) is 30.7 Å². The van der Waals surface area contributed by atoms with E-state index in [0.717, 1.165) is 22.9 Å². The van der Waals surface area contributed by atoms with Crippen LogP contribution in [0.15, 0.2) is 36.5 Å². The van der Waals surface area contributed by atoms with Gasteiger partial charge in [-0.15, -0.1) is 0 Å². The van der Waals surface area contributed by atoms with Crippen molar-refractivity contribution in [1.29, 1.82) is 0 Å². The van der Waals surface area contributed by atoms with Gasteiger partial charge in [-0.1, -0.05) is 24.3 Å². The van der Waals surface area contributed by atoms with Gasteiger partial charge in [0.1, 0.15) is 0 Å². The second-order valence-electron chi connectivity index (χ2n) is 5.16. The predicted octanol–water partition coefficient (Wildman–Crippen LogP) is 1.10. The van der Waals surface area contributed by atoms with Crippen molar-refractivity contribution < 1.29 is 8.42 Å². The number of fused-ring (bicyclic) bond motifs is 1. The lowest BCUT2D eigenvalue weighted by Gasteiger charge is -2.16. The molecule has 6 heteroatoms. The monoisotopic (exact) mass is 291 g/mol. The van der Waals surface area contributed by atoms with Crippen molar-refractivity contribution in [1.82, 2.24) is 9.29 Å². The van der Waals surface area contributed by atoms with E-state index in [-0.39, 0.29) is 11.8 Å². The first-order valence-electron chi connectivity index (χ1n) is 6.62. The van der Waals surface area contributed by atoms with E-state index in [1.165, 1.54) is 4.31 Å². The summed E-state index contributed by atoms with van der Waals surface area (Å²) in [6, 6.07) is 9.36. The average Bonchev–Trinajstić information content (AvgIpc) is 2.86. The molecule has 20 heavy (non-hydrogen) atoms. The summed E-state index contributed by atoms with van der Waals surface area (Å²) in [5.41, 5.74) is 7.28. The van der Waals surface area contributed by atoms with Gasteiger partial charge in [0.2, 0.25) is 10.0 Å². The molecule has 1 aromatic carbocycles. The number of hydrogen-bond acceptors (Lipinski definition) is 4. The first kappa shape index (κ1) is 13.5. The number of aromatic nitrogens is 1. The second-order valence-corrected chi connectivity index (χ2v) is 7.12. The molecule has 106 valence electrons. The van der Waals surface area contributed by atoms with Gasteiger partial charge in [-0.3, -0.25) is 4.98 Å².